The molecule has 1 aromatic rings. The minimum Gasteiger partial charge on any atom is -0.316 e. The summed E-state index contributed by atoms with van der Waals surface area (Å²) in [6.07, 6.45) is 1.22. The molecule has 4 nitrogen and oxygen atoms in total. The number of hydrazone groups is 1. The first-order chi connectivity index (χ1) is 7.11. The second-order valence-corrected chi connectivity index (χ2v) is 3.48. The summed E-state index contributed by atoms with van der Waals surface area (Å²) in [5.41, 5.74) is 3.13. The van der Waals surface area contributed by atoms with Gasteiger partial charge in [0.25, 0.3) is 0 Å². The van der Waals surface area contributed by atoms with Gasteiger partial charge in [0.15, 0.2) is 0 Å². The molecule has 0 heterocycles. The molecule has 1 amide bonds. The highest BCUT2D eigenvalue weighted by molar-refractivity contribution is 6.39. The van der Waals surface area contributed by atoms with Crippen LogP contribution in [0.25, 0.3) is 0 Å². The second kappa shape index (κ2) is 5.58. The van der Waals surface area contributed by atoms with E-state index in [1.54, 1.807) is 18.2 Å². The van der Waals surface area contributed by atoms with Crippen LogP contribution in [0.15, 0.2) is 23.3 Å². The smallest absolute Gasteiger partial charge is 0.221 e. The zero-order valence-corrected chi connectivity index (χ0v) is 9.43. The van der Waals surface area contributed by atoms with Crippen molar-refractivity contribution >= 4 is 41.1 Å². The third kappa shape index (κ3) is 3.77. The van der Waals surface area contributed by atoms with E-state index in [4.69, 9.17) is 23.2 Å². The number of halogens is 2. The van der Waals surface area contributed by atoms with Gasteiger partial charge < -0.3 is 5.32 Å². The quantitative estimate of drug-likeness (QED) is 0.489. The van der Waals surface area contributed by atoms with E-state index >= 15 is 0 Å². The fourth-order valence-corrected chi connectivity index (χ4v) is 1.31. The van der Waals surface area contributed by atoms with Crippen molar-refractivity contribution in [3.05, 3.63) is 28.2 Å². The molecular formula is C9H9Cl2N3O. The molecule has 6 heteroatoms. The van der Waals surface area contributed by atoms with Crippen molar-refractivity contribution in [1.29, 1.82) is 0 Å². The van der Waals surface area contributed by atoms with E-state index in [1.165, 1.54) is 13.3 Å². The van der Waals surface area contributed by atoms with E-state index < -0.39 is 0 Å². The summed E-state index contributed by atoms with van der Waals surface area (Å²) in [4.78, 5) is 10.5. The fraction of sp³-hybridized carbons (Fsp3) is 0.111. The van der Waals surface area contributed by atoms with Crippen LogP contribution in [0, 0.1) is 0 Å². The van der Waals surface area contributed by atoms with Gasteiger partial charge in [0.05, 0.1) is 15.7 Å². The molecule has 0 unspecified atom stereocenters. The van der Waals surface area contributed by atoms with Crippen molar-refractivity contribution in [2.24, 2.45) is 5.10 Å². The van der Waals surface area contributed by atoms with Crippen LogP contribution in [-0.4, -0.2) is 12.2 Å². The van der Waals surface area contributed by atoms with Crippen molar-refractivity contribution in [3.8, 4) is 0 Å². The van der Waals surface area contributed by atoms with E-state index in [0.29, 0.717) is 15.7 Å². The van der Waals surface area contributed by atoms with Gasteiger partial charge in [0.2, 0.25) is 5.91 Å². The molecule has 0 radical (unpaired) electrons. The number of para-hydroxylation sites is 1. The molecule has 0 aliphatic heterocycles. The Labute approximate surface area is 97.3 Å². The lowest BCUT2D eigenvalue weighted by atomic mass is 10.3. The molecule has 2 N–H and O–H groups in total. The standard InChI is InChI=1S/C9H9Cl2N3O/c1-6(15)12-5-13-14-9-7(10)3-2-4-8(9)11/h2-5,14H,1H3,(H,12,13,15). The van der Waals surface area contributed by atoms with E-state index in [2.05, 4.69) is 15.8 Å². The first kappa shape index (κ1) is 11.8. The Bertz CT molecular complexity index is 373. The van der Waals surface area contributed by atoms with Crippen LogP contribution in [0.3, 0.4) is 0 Å². The third-order valence-electron chi connectivity index (χ3n) is 1.47. The molecule has 80 valence electrons. The number of benzene rings is 1. The van der Waals surface area contributed by atoms with E-state index in [-0.39, 0.29) is 5.91 Å². The number of anilines is 1. The van der Waals surface area contributed by atoms with Crippen LogP contribution in [-0.2, 0) is 4.79 Å². The number of hydrogen-bond acceptors (Lipinski definition) is 3. The number of carbonyl (C=O) groups is 1. The van der Waals surface area contributed by atoms with Gasteiger partial charge in [-0.2, -0.15) is 5.10 Å². The van der Waals surface area contributed by atoms with Crippen molar-refractivity contribution in [2.45, 2.75) is 6.92 Å². The third-order valence-corrected chi connectivity index (χ3v) is 2.10. The van der Waals surface area contributed by atoms with Gasteiger partial charge in [0, 0.05) is 6.92 Å². The Hall–Kier alpha value is -1.26. The van der Waals surface area contributed by atoms with Crippen molar-refractivity contribution in [1.82, 2.24) is 5.32 Å². The molecule has 0 spiro atoms. The summed E-state index contributed by atoms with van der Waals surface area (Å²) < 4.78 is 0. The molecule has 0 saturated carbocycles. The van der Waals surface area contributed by atoms with Gasteiger partial charge in [-0.15, -0.1) is 0 Å². The number of hydrogen-bond donors (Lipinski definition) is 2. The lowest BCUT2D eigenvalue weighted by molar-refractivity contribution is -0.117. The van der Waals surface area contributed by atoms with Crippen LogP contribution < -0.4 is 10.7 Å². The number of amides is 1. The SMILES string of the molecule is CC(=O)NC=NNc1c(Cl)cccc1Cl. The topological polar surface area (TPSA) is 53.5 Å². The summed E-state index contributed by atoms with van der Waals surface area (Å²) in [7, 11) is 0. The van der Waals surface area contributed by atoms with Gasteiger partial charge in [-0.3, -0.25) is 10.2 Å². The molecular weight excluding hydrogens is 237 g/mol. The molecule has 0 aromatic heterocycles. The molecule has 0 bridgehead atoms. The number of rotatable bonds is 3. The predicted molar refractivity (Wildman–Crippen MR) is 62.4 cm³/mol. The van der Waals surface area contributed by atoms with E-state index in [1.807, 2.05) is 0 Å². The molecule has 0 saturated heterocycles. The summed E-state index contributed by atoms with van der Waals surface area (Å²) in [5, 5.41) is 7.02. The van der Waals surface area contributed by atoms with E-state index in [9.17, 15) is 4.79 Å². The summed E-state index contributed by atoms with van der Waals surface area (Å²) >= 11 is 11.7. The van der Waals surface area contributed by atoms with Gasteiger partial charge in [-0.05, 0) is 12.1 Å². The Kier molecular flexibility index (Phi) is 4.39. The first-order valence-electron chi connectivity index (χ1n) is 4.10. The Morgan fingerprint density at radius 2 is 2.00 bits per heavy atom. The second-order valence-electron chi connectivity index (χ2n) is 2.67. The molecule has 15 heavy (non-hydrogen) atoms. The zero-order chi connectivity index (χ0) is 11.3. The van der Waals surface area contributed by atoms with Crippen molar-refractivity contribution in [2.75, 3.05) is 5.43 Å². The Balaban J connectivity index is 2.65. The van der Waals surface area contributed by atoms with Crippen molar-refractivity contribution in [3.63, 3.8) is 0 Å². The van der Waals surface area contributed by atoms with Crippen LogP contribution >= 0.6 is 23.2 Å². The molecule has 0 atom stereocenters. The van der Waals surface area contributed by atoms with Gasteiger partial charge >= 0.3 is 0 Å². The number of nitrogens with one attached hydrogen (secondary N) is 2. The maximum absolute atomic E-state index is 10.5. The minimum absolute atomic E-state index is 0.203. The largest absolute Gasteiger partial charge is 0.316 e. The number of nitrogens with zero attached hydrogens (tertiary/aromatic N) is 1. The average Bonchev–Trinajstić information content (AvgIpc) is 2.15. The average molecular weight is 246 g/mol. The van der Waals surface area contributed by atoms with Crippen LogP contribution in [0.4, 0.5) is 5.69 Å². The Morgan fingerprint density at radius 1 is 1.40 bits per heavy atom. The molecule has 0 aliphatic rings. The summed E-state index contributed by atoms with van der Waals surface area (Å²) in [6.45, 7) is 1.38. The van der Waals surface area contributed by atoms with Gasteiger partial charge in [0.1, 0.15) is 6.34 Å². The predicted octanol–water partition coefficient (Wildman–Crippen LogP) is 2.48. The highest BCUT2D eigenvalue weighted by atomic mass is 35.5. The minimum atomic E-state index is -0.203. The first-order valence-corrected chi connectivity index (χ1v) is 4.85. The van der Waals surface area contributed by atoms with Crippen LogP contribution in [0.1, 0.15) is 6.92 Å². The highest BCUT2D eigenvalue weighted by Crippen LogP contribution is 2.29. The van der Waals surface area contributed by atoms with Gasteiger partial charge in [-0.25, -0.2) is 0 Å². The van der Waals surface area contributed by atoms with Crippen LogP contribution in [0.5, 0.6) is 0 Å². The maximum Gasteiger partial charge on any atom is 0.221 e. The molecule has 1 aromatic carbocycles. The zero-order valence-electron chi connectivity index (χ0n) is 7.92. The van der Waals surface area contributed by atoms with Crippen molar-refractivity contribution < 1.29 is 4.79 Å². The normalized spacial score (nSPS) is 10.3. The summed E-state index contributed by atoms with van der Waals surface area (Å²) in [5.74, 6) is -0.203. The lowest BCUT2D eigenvalue weighted by Crippen LogP contribution is -2.17. The van der Waals surface area contributed by atoms with Gasteiger partial charge in [-0.1, -0.05) is 29.3 Å². The Morgan fingerprint density at radius 3 is 2.53 bits per heavy atom. The lowest BCUT2D eigenvalue weighted by Gasteiger charge is -2.04. The number of carbonyl (C=O) groups excluding carboxylic acids is 1. The van der Waals surface area contributed by atoms with Crippen LogP contribution in [0.2, 0.25) is 10.0 Å². The van der Waals surface area contributed by atoms with E-state index in [0.717, 1.165) is 0 Å². The highest BCUT2D eigenvalue weighted by Gasteiger charge is 2.02. The molecule has 1 rings (SSSR count). The molecule has 0 aliphatic carbocycles. The fourth-order valence-electron chi connectivity index (χ4n) is 0.825. The summed E-state index contributed by atoms with van der Waals surface area (Å²) in [6, 6.07) is 5.10. The maximum atomic E-state index is 10.5. The monoisotopic (exact) mass is 245 g/mol. The molecule has 0 fully saturated rings.